The van der Waals surface area contributed by atoms with Crippen molar-refractivity contribution in [3.8, 4) is 0 Å². The van der Waals surface area contributed by atoms with Gasteiger partial charge < -0.3 is 4.90 Å². The normalized spacial score (nSPS) is 16.0. The highest BCUT2D eigenvalue weighted by Gasteiger charge is 2.32. The number of nitrogens with one attached hydrogen (secondary N) is 1. The van der Waals surface area contributed by atoms with E-state index in [1.54, 1.807) is 24.3 Å². The molecule has 9 heteroatoms. The van der Waals surface area contributed by atoms with Crippen LogP contribution in [0.15, 0.2) is 70.5 Å². The molecule has 0 amide bonds. The van der Waals surface area contributed by atoms with Crippen molar-refractivity contribution < 1.29 is 16.8 Å². The van der Waals surface area contributed by atoms with Gasteiger partial charge in [-0.15, -0.1) is 0 Å². The molecule has 0 radical (unpaired) electrons. The summed E-state index contributed by atoms with van der Waals surface area (Å²) < 4.78 is 57.6. The van der Waals surface area contributed by atoms with E-state index in [4.69, 9.17) is 0 Å². The van der Waals surface area contributed by atoms with Crippen molar-refractivity contribution in [1.82, 2.24) is 9.03 Å². The van der Waals surface area contributed by atoms with Crippen molar-refractivity contribution in [3.63, 3.8) is 0 Å². The van der Waals surface area contributed by atoms with Crippen LogP contribution in [0.2, 0.25) is 0 Å². The number of aryl methyl sites for hydroxylation is 1. The summed E-state index contributed by atoms with van der Waals surface area (Å²) in [6, 6.07) is 17.8. The Hall–Kier alpha value is -2.46. The molecule has 1 fully saturated rings. The van der Waals surface area contributed by atoms with E-state index in [0.29, 0.717) is 29.5 Å². The Morgan fingerprint density at radius 2 is 1.49 bits per heavy atom. The van der Waals surface area contributed by atoms with Crippen LogP contribution in [0.4, 0.5) is 5.69 Å². The molecule has 7 nitrogen and oxygen atoms in total. The fourth-order valence-electron chi connectivity index (χ4n) is 4.76. The molecule has 35 heavy (non-hydrogen) atoms. The average Bonchev–Trinajstić information content (AvgIpc) is 2.83. The van der Waals surface area contributed by atoms with Gasteiger partial charge in [0.05, 0.1) is 9.79 Å². The topological polar surface area (TPSA) is 86.8 Å². The molecule has 0 bridgehead atoms. The van der Waals surface area contributed by atoms with Crippen LogP contribution in [0.5, 0.6) is 0 Å². The summed E-state index contributed by atoms with van der Waals surface area (Å²) >= 11 is 0. The highest BCUT2D eigenvalue weighted by Crippen LogP contribution is 2.32. The standard InChI is InChI=1S/C26H33N3O4S2/c1-4-9-20-10-5-6-14-25(20)34(30,31)27-21-16-18-29(19-17-21)35(32,33)26-15-8-11-22-23(26)12-7-13-24(22)28(2)3/h5-8,10-15,21,27H,4,9,16-19H2,1-3H3. The van der Waals surface area contributed by atoms with Crippen LogP contribution in [0.3, 0.4) is 0 Å². The third-order valence-electron chi connectivity index (χ3n) is 6.52. The first-order valence-electron chi connectivity index (χ1n) is 11.9. The number of rotatable bonds is 8. The van der Waals surface area contributed by atoms with Crippen LogP contribution in [-0.2, 0) is 26.5 Å². The van der Waals surface area contributed by atoms with E-state index in [2.05, 4.69) is 4.72 Å². The number of benzene rings is 3. The van der Waals surface area contributed by atoms with E-state index >= 15 is 0 Å². The van der Waals surface area contributed by atoms with E-state index in [1.165, 1.54) is 4.31 Å². The van der Waals surface area contributed by atoms with Gasteiger partial charge in [-0.05, 0) is 43.0 Å². The number of hydrogen-bond acceptors (Lipinski definition) is 5. The molecular formula is C26H33N3O4S2. The van der Waals surface area contributed by atoms with Crippen molar-refractivity contribution >= 4 is 36.5 Å². The Bertz CT molecular complexity index is 1410. The molecule has 0 spiro atoms. The van der Waals surface area contributed by atoms with Crippen LogP contribution in [0.1, 0.15) is 31.7 Å². The lowest BCUT2D eigenvalue weighted by molar-refractivity contribution is 0.308. The van der Waals surface area contributed by atoms with Crippen molar-refractivity contribution in [2.24, 2.45) is 0 Å². The third-order valence-corrected chi connectivity index (χ3v) is 10.1. The predicted molar refractivity (Wildman–Crippen MR) is 141 cm³/mol. The van der Waals surface area contributed by atoms with E-state index in [9.17, 15) is 16.8 Å². The minimum Gasteiger partial charge on any atom is -0.377 e. The van der Waals surface area contributed by atoms with Crippen LogP contribution < -0.4 is 9.62 Å². The van der Waals surface area contributed by atoms with Crippen molar-refractivity contribution in [2.75, 3.05) is 32.1 Å². The van der Waals surface area contributed by atoms with Crippen LogP contribution in [0.25, 0.3) is 10.8 Å². The van der Waals surface area contributed by atoms with E-state index in [1.807, 2.05) is 62.3 Å². The van der Waals surface area contributed by atoms with Gasteiger partial charge in [0.25, 0.3) is 0 Å². The maximum atomic E-state index is 13.6. The van der Waals surface area contributed by atoms with E-state index in [0.717, 1.165) is 23.1 Å². The predicted octanol–water partition coefficient (Wildman–Crippen LogP) is 3.99. The van der Waals surface area contributed by atoms with Gasteiger partial charge in [-0.2, -0.15) is 4.31 Å². The van der Waals surface area contributed by atoms with Crippen LogP contribution in [0, 0.1) is 0 Å². The molecule has 1 aliphatic rings. The minimum atomic E-state index is -3.73. The lowest BCUT2D eigenvalue weighted by atomic mass is 10.1. The first-order valence-corrected chi connectivity index (χ1v) is 14.9. The van der Waals surface area contributed by atoms with E-state index in [-0.39, 0.29) is 24.0 Å². The zero-order chi connectivity index (χ0) is 25.2. The number of piperidine rings is 1. The maximum absolute atomic E-state index is 13.6. The molecule has 0 aromatic heterocycles. The highest BCUT2D eigenvalue weighted by molar-refractivity contribution is 7.89. The molecule has 3 aromatic carbocycles. The molecule has 1 N–H and O–H groups in total. The van der Waals surface area contributed by atoms with Crippen LogP contribution >= 0.6 is 0 Å². The maximum Gasteiger partial charge on any atom is 0.243 e. The fourth-order valence-corrected chi connectivity index (χ4v) is 8.01. The highest BCUT2D eigenvalue weighted by atomic mass is 32.2. The Kier molecular flexibility index (Phi) is 7.51. The molecule has 1 saturated heterocycles. The number of nitrogens with zero attached hydrogens (tertiary/aromatic N) is 2. The van der Waals surface area contributed by atoms with Gasteiger partial charge in [0.1, 0.15) is 0 Å². The summed E-state index contributed by atoms with van der Waals surface area (Å²) in [5, 5.41) is 1.57. The third kappa shape index (κ3) is 5.23. The molecule has 0 aliphatic carbocycles. The Labute approximate surface area is 208 Å². The smallest absolute Gasteiger partial charge is 0.243 e. The lowest BCUT2D eigenvalue weighted by Gasteiger charge is -2.32. The summed E-state index contributed by atoms with van der Waals surface area (Å²) in [7, 11) is -3.54. The molecule has 3 aromatic rings. The monoisotopic (exact) mass is 515 g/mol. The molecule has 188 valence electrons. The minimum absolute atomic E-state index is 0.260. The van der Waals surface area contributed by atoms with Gasteiger partial charge in [-0.25, -0.2) is 21.6 Å². The lowest BCUT2D eigenvalue weighted by Crippen LogP contribution is -2.46. The fraction of sp³-hybridized carbons (Fsp3) is 0.385. The molecule has 0 saturated carbocycles. The first kappa shape index (κ1) is 25.6. The summed E-state index contributed by atoms with van der Waals surface area (Å²) in [5.74, 6) is 0. The Balaban J connectivity index is 1.52. The molecule has 4 rings (SSSR count). The van der Waals surface area contributed by atoms with Gasteiger partial charge in [-0.1, -0.05) is 55.8 Å². The van der Waals surface area contributed by atoms with Gasteiger partial charge in [0, 0.05) is 49.7 Å². The molecule has 1 aliphatic heterocycles. The van der Waals surface area contributed by atoms with Gasteiger partial charge in [0.15, 0.2) is 0 Å². The van der Waals surface area contributed by atoms with Gasteiger partial charge >= 0.3 is 0 Å². The number of fused-ring (bicyclic) bond motifs is 1. The van der Waals surface area contributed by atoms with Gasteiger partial charge in [-0.3, -0.25) is 0 Å². The second-order valence-electron chi connectivity index (χ2n) is 9.18. The number of sulfonamides is 2. The summed E-state index contributed by atoms with van der Waals surface area (Å²) in [5.41, 5.74) is 1.76. The zero-order valence-electron chi connectivity index (χ0n) is 20.4. The van der Waals surface area contributed by atoms with Crippen LogP contribution in [-0.4, -0.2) is 54.4 Å². The second-order valence-corrected chi connectivity index (χ2v) is 12.8. The van der Waals surface area contributed by atoms with Crippen molar-refractivity contribution in [1.29, 1.82) is 0 Å². The zero-order valence-corrected chi connectivity index (χ0v) is 22.1. The van der Waals surface area contributed by atoms with Gasteiger partial charge in [0.2, 0.25) is 20.0 Å². The summed E-state index contributed by atoms with van der Waals surface area (Å²) in [4.78, 5) is 2.56. The van der Waals surface area contributed by atoms with Crippen molar-refractivity contribution in [2.45, 2.75) is 48.4 Å². The molecular weight excluding hydrogens is 482 g/mol. The first-order chi connectivity index (χ1) is 16.6. The van der Waals surface area contributed by atoms with Crippen molar-refractivity contribution in [3.05, 3.63) is 66.2 Å². The SMILES string of the molecule is CCCc1ccccc1S(=O)(=O)NC1CCN(S(=O)(=O)c2cccc3c(N(C)C)cccc23)CC1. The molecule has 0 atom stereocenters. The number of anilines is 1. The molecule has 0 unspecified atom stereocenters. The summed E-state index contributed by atoms with van der Waals surface area (Å²) in [6.45, 7) is 2.54. The number of hydrogen-bond donors (Lipinski definition) is 1. The quantitative estimate of drug-likeness (QED) is 0.490. The second kappa shape index (κ2) is 10.3. The van der Waals surface area contributed by atoms with E-state index < -0.39 is 20.0 Å². The molecule has 1 heterocycles. The largest absolute Gasteiger partial charge is 0.377 e. The Morgan fingerprint density at radius 1 is 0.857 bits per heavy atom. The summed E-state index contributed by atoms with van der Waals surface area (Å²) in [6.07, 6.45) is 2.38. The average molecular weight is 516 g/mol. The Morgan fingerprint density at radius 3 is 2.17 bits per heavy atom.